The van der Waals surface area contributed by atoms with E-state index in [4.69, 9.17) is 9.47 Å². The zero-order valence-corrected chi connectivity index (χ0v) is 14.8. The molecule has 2 aromatic rings. The summed E-state index contributed by atoms with van der Waals surface area (Å²) in [5.41, 5.74) is 1.75. The number of rotatable bonds is 3. The highest BCUT2D eigenvalue weighted by Crippen LogP contribution is 2.31. The third-order valence-corrected chi connectivity index (χ3v) is 4.99. The molecule has 0 atom stereocenters. The predicted molar refractivity (Wildman–Crippen MR) is 92.6 cm³/mol. The number of benzene rings is 1. The van der Waals surface area contributed by atoms with Crippen LogP contribution in [-0.4, -0.2) is 54.1 Å². The molecule has 0 radical (unpaired) electrons. The Morgan fingerprint density at radius 1 is 1.25 bits per heavy atom. The van der Waals surface area contributed by atoms with E-state index in [1.807, 2.05) is 19.1 Å². The van der Waals surface area contributed by atoms with Crippen LogP contribution in [0.1, 0.15) is 31.2 Å². The van der Waals surface area contributed by atoms with Gasteiger partial charge in [-0.1, -0.05) is 0 Å². The molecular formula is C18H25N3O3. The molecule has 1 saturated carbocycles. The second-order valence-corrected chi connectivity index (χ2v) is 6.66. The minimum absolute atomic E-state index is 0.257. The summed E-state index contributed by atoms with van der Waals surface area (Å²) in [4.78, 5) is 14.0. The quantitative estimate of drug-likeness (QED) is 0.864. The van der Waals surface area contributed by atoms with E-state index >= 15 is 0 Å². The Morgan fingerprint density at radius 3 is 2.58 bits per heavy atom. The monoisotopic (exact) mass is 331 g/mol. The number of ether oxygens (including phenoxy) is 2. The van der Waals surface area contributed by atoms with Crippen molar-refractivity contribution in [2.45, 2.75) is 44.8 Å². The maximum atomic E-state index is 11.7. The largest absolute Gasteiger partial charge is 0.490 e. The lowest BCUT2D eigenvalue weighted by Gasteiger charge is -2.33. The SMILES string of the molecule is COC(=O)n1ncc2c(C)c(OC3CCC(N(C)C)CC3)ccc21. The van der Waals surface area contributed by atoms with Gasteiger partial charge in [0, 0.05) is 17.0 Å². The first kappa shape index (κ1) is 16.8. The van der Waals surface area contributed by atoms with E-state index in [0.29, 0.717) is 6.04 Å². The summed E-state index contributed by atoms with van der Waals surface area (Å²) < 4.78 is 12.3. The molecule has 24 heavy (non-hydrogen) atoms. The Bertz CT molecular complexity index is 730. The van der Waals surface area contributed by atoms with E-state index in [1.165, 1.54) is 24.6 Å². The Morgan fingerprint density at radius 2 is 1.96 bits per heavy atom. The molecule has 1 fully saturated rings. The van der Waals surface area contributed by atoms with Gasteiger partial charge in [0.15, 0.2) is 0 Å². The summed E-state index contributed by atoms with van der Waals surface area (Å²) in [6, 6.07) is 4.45. The van der Waals surface area contributed by atoms with Crippen molar-refractivity contribution in [1.29, 1.82) is 0 Å². The molecule has 0 amide bonds. The number of fused-ring (bicyclic) bond motifs is 1. The zero-order valence-electron chi connectivity index (χ0n) is 14.8. The van der Waals surface area contributed by atoms with Crippen molar-refractivity contribution in [1.82, 2.24) is 14.7 Å². The lowest BCUT2D eigenvalue weighted by atomic mass is 9.92. The minimum atomic E-state index is -0.486. The first-order valence-electron chi connectivity index (χ1n) is 8.40. The third-order valence-electron chi connectivity index (χ3n) is 4.99. The summed E-state index contributed by atoms with van der Waals surface area (Å²) in [7, 11) is 5.63. The van der Waals surface area contributed by atoms with Crippen LogP contribution in [0.25, 0.3) is 10.9 Å². The molecule has 1 aliphatic carbocycles. The van der Waals surface area contributed by atoms with E-state index in [9.17, 15) is 4.79 Å². The highest BCUT2D eigenvalue weighted by Gasteiger charge is 2.24. The highest BCUT2D eigenvalue weighted by molar-refractivity contribution is 5.90. The summed E-state index contributed by atoms with van der Waals surface area (Å²) in [6.07, 6.45) is 5.94. The predicted octanol–water partition coefficient (Wildman–Crippen LogP) is 3.21. The molecule has 0 saturated heterocycles. The first-order valence-corrected chi connectivity index (χ1v) is 8.40. The second-order valence-electron chi connectivity index (χ2n) is 6.66. The van der Waals surface area contributed by atoms with E-state index in [2.05, 4.69) is 24.1 Å². The molecule has 0 bridgehead atoms. The second kappa shape index (κ2) is 6.81. The molecule has 6 heteroatoms. The van der Waals surface area contributed by atoms with Crippen molar-refractivity contribution < 1.29 is 14.3 Å². The van der Waals surface area contributed by atoms with Gasteiger partial charge in [0.2, 0.25) is 0 Å². The van der Waals surface area contributed by atoms with Gasteiger partial charge >= 0.3 is 6.09 Å². The van der Waals surface area contributed by atoms with Gasteiger partial charge in [-0.2, -0.15) is 9.78 Å². The van der Waals surface area contributed by atoms with Crippen LogP contribution >= 0.6 is 0 Å². The zero-order chi connectivity index (χ0) is 17.3. The van der Waals surface area contributed by atoms with Gasteiger partial charge in [0.25, 0.3) is 0 Å². The van der Waals surface area contributed by atoms with Crippen LogP contribution < -0.4 is 4.74 Å². The number of carbonyl (C=O) groups is 1. The topological polar surface area (TPSA) is 56.6 Å². The van der Waals surface area contributed by atoms with Crippen LogP contribution in [0.4, 0.5) is 4.79 Å². The van der Waals surface area contributed by atoms with Crippen LogP contribution in [0, 0.1) is 6.92 Å². The highest BCUT2D eigenvalue weighted by atomic mass is 16.5. The molecule has 0 unspecified atom stereocenters. The van der Waals surface area contributed by atoms with Crippen molar-refractivity contribution in [2.75, 3.05) is 21.2 Å². The standard InChI is InChI=1S/C18H25N3O3/c1-12-15-11-19-21(18(22)23-4)16(15)9-10-17(12)24-14-7-5-13(6-8-14)20(2)3/h9-11,13-14H,5-8H2,1-4H3. The normalized spacial score (nSPS) is 21.2. The summed E-state index contributed by atoms with van der Waals surface area (Å²) in [5, 5.41) is 5.04. The Balaban J connectivity index is 1.77. The maximum Gasteiger partial charge on any atom is 0.434 e. The van der Waals surface area contributed by atoms with Crippen molar-refractivity contribution in [3.05, 3.63) is 23.9 Å². The van der Waals surface area contributed by atoms with E-state index in [-0.39, 0.29) is 6.10 Å². The van der Waals surface area contributed by atoms with E-state index in [0.717, 1.165) is 35.1 Å². The fourth-order valence-electron chi connectivity index (χ4n) is 3.44. The van der Waals surface area contributed by atoms with Gasteiger partial charge in [-0.15, -0.1) is 0 Å². The van der Waals surface area contributed by atoms with Gasteiger partial charge in [0.1, 0.15) is 5.75 Å². The molecule has 0 N–H and O–H groups in total. The number of carbonyl (C=O) groups excluding carboxylic acids is 1. The first-order chi connectivity index (χ1) is 11.5. The van der Waals surface area contributed by atoms with Gasteiger partial charge in [-0.3, -0.25) is 0 Å². The molecule has 3 rings (SSSR count). The van der Waals surface area contributed by atoms with Crippen LogP contribution in [0.2, 0.25) is 0 Å². The average molecular weight is 331 g/mol. The van der Waals surface area contributed by atoms with Crippen molar-refractivity contribution >= 4 is 17.0 Å². The van der Waals surface area contributed by atoms with Gasteiger partial charge < -0.3 is 14.4 Å². The molecule has 0 spiro atoms. The smallest absolute Gasteiger partial charge is 0.434 e. The van der Waals surface area contributed by atoms with Crippen molar-refractivity contribution in [3.8, 4) is 5.75 Å². The lowest BCUT2D eigenvalue weighted by molar-refractivity contribution is 0.111. The van der Waals surface area contributed by atoms with Gasteiger partial charge in [-0.25, -0.2) is 4.79 Å². The molecule has 6 nitrogen and oxygen atoms in total. The van der Waals surface area contributed by atoms with Crippen LogP contribution in [-0.2, 0) is 4.74 Å². The van der Waals surface area contributed by atoms with Crippen molar-refractivity contribution in [2.24, 2.45) is 0 Å². The third kappa shape index (κ3) is 3.11. The number of aromatic nitrogens is 2. The van der Waals surface area contributed by atoms with E-state index in [1.54, 1.807) is 6.20 Å². The molecule has 1 aliphatic rings. The molecule has 1 aromatic carbocycles. The van der Waals surface area contributed by atoms with Crippen LogP contribution in [0.3, 0.4) is 0 Å². The van der Waals surface area contributed by atoms with Crippen LogP contribution in [0.15, 0.2) is 18.3 Å². The lowest BCUT2D eigenvalue weighted by Crippen LogP contribution is -2.35. The molecule has 130 valence electrons. The van der Waals surface area contributed by atoms with Gasteiger partial charge in [0.05, 0.1) is 24.9 Å². The summed E-state index contributed by atoms with van der Waals surface area (Å²) >= 11 is 0. The molecule has 1 aromatic heterocycles. The van der Waals surface area contributed by atoms with Crippen molar-refractivity contribution in [3.63, 3.8) is 0 Å². The molecule has 0 aliphatic heterocycles. The number of methoxy groups -OCH3 is 1. The summed E-state index contributed by atoms with van der Waals surface area (Å²) in [6.45, 7) is 2.01. The fourth-order valence-corrected chi connectivity index (χ4v) is 3.44. The number of hydrogen-bond acceptors (Lipinski definition) is 5. The number of nitrogens with zero attached hydrogens (tertiary/aromatic N) is 3. The molecular weight excluding hydrogens is 306 g/mol. The van der Waals surface area contributed by atoms with E-state index < -0.39 is 6.09 Å². The Kier molecular flexibility index (Phi) is 4.76. The maximum absolute atomic E-state index is 11.7. The summed E-state index contributed by atoms with van der Waals surface area (Å²) in [5.74, 6) is 0.875. The fraction of sp³-hybridized carbons (Fsp3) is 0.556. The number of aryl methyl sites for hydroxylation is 1. The van der Waals surface area contributed by atoms with Crippen LogP contribution in [0.5, 0.6) is 5.75 Å². The Labute approximate surface area is 142 Å². The Hall–Kier alpha value is -2.08. The average Bonchev–Trinajstić information content (AvgIpc) is 3.02. The minimum Gasteiger partial charge on any atom is -0.490 e. The molecule has 1 heterocycles. The van der Waals surface area contributed by atoms with Gasteiger partial charge in [-0.05, 0) is 58.8 Å². The number of hydrogen-bond donors (Lipinski definition) is 0.